The summed E-state index contributed by atoms with van der Waals surface area (Å²) in [6.45, 7) is 2.60. The molecule has 0 aromatic heterocycles. The highest BCUT2D eigenvalue weighted by atomic mass is 16.5. The fourth-order valence-corrected chi connectivity index (χ4v) is 1.21. The van der Waals surface area contributed by atoms with Gasteiger partial charge in [0.25, 0.3) is 0 Å². The highest BCUT2D eigenvalue weighted by molar-refractivity contribution is 5.53. The molecule has 2 N–H and O–H groups in total. The lowest BCUT2D eigenvalue weighted by Gasteiger charge is -2.04. The molecule has 0 fully saturated rings. The van der Waals surface area contributed by atoms with Crippen LogP contribution in [-0.4, -0.2) is 13.7 Å². The second-order valence-corrected chi connectivity index (χ2v) is 2.87. The van der Waals surface area contributed by atoms with Gasteiger partial charge in [0.1, 0.15) is 5.75 Å². The zero-order valence-electron chi connectivity index (χ0n) is 8.08. The fourth-order valence-electron chi connectivity index (χ4n) is 1.21. The van der Waals surface area contributed by atoms with E-state index in [-0.39, 0.29) is 0 Å². The molecule has 0 saturated heterocycles. The number of nitrogens with two attached hydrogens (primary N) is 1. The summed E-state index contributed by atoms with van der Waals surface area (Å²) in [6, 6.07) is 6.05. The first-order valence-electron chi connectivity index (χ1n) is 4.29. The number of ether oxygens (including phenoxy) is 1. The third-order valence-electron chi connectivity index (χ3n) is 1.87. The second kappa shape index (κ2) is 4.67. The van der Waals surface area contributed by atoms with Gasteiger partial charge in [0.05, 0.1) is 7.11 Å². The Morgan fingerprint density at radius 2 is 2.23 bits per heavy atom. The highest BCUT2D eigenvalue weighted by Crippen LogP contribution is 2.18. The molecule has 13 heavy (non-hydrogen) atoms. The lowest BCUT2D eigenvalue weighted by molar-refractivity contribution is 0.411. The fraction of sp³-hybridized carbons (Fsp3) is 0.273. The van der Waals surface area contributed by atoms with Crippen molar-refractivity contribution >= 4 is 6.08 Å². The SMILES string of the molecule is COc1ccc(/C=C/CN)cc1C. The molecule has 1 rings (SSSR count). The van der Waals surface area contributed by atoms with Crippen LogP contribution >= 0.6 is 0 Å². The first-order valence-corrected chi connectivity index (χ1v) is 4.29. The average Bonchev–Trinajstić information content (AvgIpc) is 2.15. The summed E-state index contributed by atoms with van der Waals surface area (Å²) < 4.78 is 5.16. The molecule has 0 aliphatic carbocycles. The van der Waals surface area contributed by atoms with Crippen molar-refractivity contribution in [1.82, 2.24) is 0 Å². The molecule has 0 spiro atoms. The number of methoxy groups -OCH3 is 1. The number of benzene rings is 1. The Labute approximate surface area is 79.0 Å². The Morgan fingerprint density at radius 3 is 2.77 bits per heavy atom. The van der Waals surface area contributed by atoms with Crippen LogP contribution in [-0.2, 0) is 0 Å². The third kappa shape index (κ3) is 2.60. The predicted molar refractivity (Wildman–Crippen MR) is 55.8 cm³/mol. The van der Waals surface area contributed by atoms with Crippen LogP contribution in [0.2, 0.25) is 0 Å². The molecule has 70 valence electrons. The summed E-state index contributed by atoms with van der Waals surface area (Å²) in [5.41, 5.74) is 7.66. The minimum absolute atomic E-state index is 0.574. The summed E-state index contributed by atoms with van der Waals surface area (Å²) in [6.07, 6.45) is 3.94. The summed E-state index contributed by atoms with van der Waals surface area (Å²) in [5, 5.41) is 0. The highest BCUT2D eigenvalue weighted by Gasteiger charge is 1.96. The van der Waals surface area contributed by atoms with Crippen LogP contribution in [0.1, 0.15) is 11.1 Å². The molecule has 1 aromatic carbocycles. The minimum Gasteiger partial charge on any atom is -0.496 e. The molecule has 0 heterocycles. The van der Waals surface area contributed by atoms with Gasteiger partial charge in [-0.3, -0.25) is 0 Å². The molecule has 0 amide bonds. The normalized spacial score (nSPS) is 10.7. The van der Waals surface area contributed by atoms with Gasteiger partial charge in [-0.05, 0) is 30.2 Å². The van der Waals surface area contributed by atoms with Gasteiger partial charge in [-0.2, -0.15) is 0 Å². The van der Waals surface area contributed by atoms with E-state index in [1.165, 1.54) is 0 Å². The summed E-state index contributed by atoms with van der Waals surface area (Å²) in [4.78, 5) is 0. The third-order valence-corrected chi connectivity index (χ3v) is 1.87. The first kappa shape index (κ1) is 9.81. The van der Waals surface area contributed by atoms with Crippen LogP contribution in [0, 0.1) is 6.92 Å². The van der Waals surface area contributed by atoms with Crippen molar-refractivity contribution in [3.8, 4) is 5.75 Å². The Bertz CT molecular complexity index is 305. The lowest BCUT2D eigenvalue weighted by atomic mass is 10.1. The van der Waals surface area contributed by atoms with Crippen molar-refractivity contribution in [3.63, 3.8) is 0 Å². The molecule has 0 radical (unpaired) electrons. The monoisotopic (exact) mass is 177 g/mol. The van der Waals surface area contributed by atoms with E-state index in [4.69, 9.17) is 10.5 Å². The van der Waals surface area contributed by atoms with Crippen molar-refractivity contribution in [3.05, 3.63) is 35.4 Å². The largest absolute Gasteiger partial charge is 0.496 e. The van der Waals surface area contributed by atoms with E-state index in [0.29, 0.717) is 6.54 Å². The summed E-state index contributed by atoms with van der Waals surface area (Å²) >= 11 is 0. The minimum atomic E-state index is 0.574. The van der Waals surface area contributed by atoms with E-state index in [1.54, 1.807) is 7.11 Å². The van der Waals surface area contributed by atoms with Gasteiger partial charge in [-0.25, -0.2) is 0 Å². The summed E-state index contributed by atoms with van der Waals surface area (Å²) in [7, 11) is 1.68. The van der Waals surface area contributed by atoms with Gasteiger partial charge >= 0.3 is 0 Å². The Hall–Kier alpha value is -1.28. The van der Waals surface area contributed by atoms with Gasteiger partial charge in [0.15, 0.2) is 0 Å². The van der Waals surface area contributed by atoms with Gasteiger partial charge in [-0.1, -0.05) is 18.2 Å². The van der Waals surface area contributed by atoms with Crippen molar-refractivity contribution in [2.24, 2.45) is 5.73 Å². The Morgan fingerprint density at radius 1 is 1.46 bits per heavy atom. The van der Waals surface area contributed by atoms with E-state index in [9.17, 15) is 0 Å². The Balaban J connectivity index is 2.89. The average molecular weight is 177 g/mol. The zero-order valence-corrected chi connectivity index (χ0v) is 8.08. The van der Waals surface area contributed by atoms with Crippen LogP contribution in [0.3, 0.4) is 0 Å². The van der Waals surface area contributed by atoms with E-state index < -0.39 is 0 Å². The number of aryl methyl sites for hydroxylation is 1. The molecule has 0 unspecified atom stereocenters. The molecule has 2 heteroatoms. The van der Waals surface area contributed by atoms with Gasteiger partial charge in [-0.15, -0.1) is 0 Å². The van der Waals surface area contributed by atoms with Gasteiger partial charge in [0, 0.05) is 6.54 Å². The molecular formula is C11H15NO. The molecule has 0 aliphatic rings. The number of rotatable bonds is 3. The number of hydrogen-bond acceptors (Lipinski definition) is 2. The summed E-state index contributed by atoms with van der Waals surface area (Å²) in [5.74, 6) is 0.921. The standard InChI is InChI=1S/C11H15NO/c1-9-8-10(4-3-7-12)5-6-11(9)13-2/h3-6,8H,7,12H2,1-2H3/b4-3+. The maximum Gasteiger partial charge on any atom is 0.121 e. The van der Waals surface area contributed by atoms with Crippen molar-refractivity contribution in [2.45, 2.75) is 6.92 Å². The van der Waals surface area contributed by atoms with Crippen LogP contribution in [0.15, 0.2) is 24.3 Å². The van der Waals surface area contributed by atoms with Crippen LogP contribution in [0.25, 0.3) is 6.08 Å². The van der Waals surface area contributed by atoms with Crippen LogP contribution < -0.4 is 10.5 Å². The van der Waals surface area contributed by atoms with E-state index in [2.05, 4.69) is 6.07 Å². The molecule has 2 nitrogen and oxygen atoms in total. The topological polar surface area (TPSA) is 35.2 Å². The maximum absolute atomic E-state index is 5.36. The van der Waals surface area contributed by atoms with Crippen LogP contribution in [0.4, 0.5) is 0 Å². The van der Waals surface area contributed by atoms with Crippen LogP contribution in [0.5, 0.6) is 5.75 Å². The molecule has 0 atom stereocenters. The Kier molecular flexibility index (Phi) is 3.53. The lowest BCUT2D eigenvalue weighted by Crippen LogP contribution is -1.92. The quantitative estimate of drug-likeness (QED) is 0.766. The van der Waals surface area contributed by atoms with E-state index in [0.717, 1.165) is 16.9 Å². The first-order chi connectivity index (χ1) is 6.27. The van der Waals surface area contributed by atoms with Gasteiger partial charge in [0.2, 0.25) is 0 Å². The second-order valence-electron chi connectivity index (χ2n) is 2.87. The van der Waals surface area contributed by atoms with Crippen molar-refractivity contribution in [1.29, 1.82) is 0 Å². The molecule has 0 bridgehead atoms. The van der Waals surface area contributed by atoms with E-state index in [1.807, 2.05) is 31.2 Å². The number of hydrogen-bond donors (Lipinski definition) is 1. The molecule has 0 aliphatic heterocycles. The van der Waals surface area contributed by atoms with Crippen molar-refractivity contribution in [2.75, 3.05) is 13.7 Å². The predicted octanol–water partition coefficient (Wildman–Crippen LogP) is 1.98. The molecule has 1 aromatic rings. The van der Waals surface area contributed by atoms with E-state index >= 15 is 0 Å². The molecule has 0 saturated carbocycles. The van der Waals surface area contributed by atoms with Crippen molar-refractivity contribution < 1.29 is 4.74 Å². The maximum atomic E-state index is 5.36. The zero-order chi connectivity index (χ0) is 9.68. The smallest absolute Gasteiger partial charge is 0.121 e. The van der Waals surface area contributed by atoms with Gasteiger partial charge < -0.3 is 10.5 Å². The molecular weight excluding hydrogens is 162 g/mol.